The minimum absolute atomic E-state index is 0.0652. The standard InChI is InChI=1S/C16H5Cl4F3N2/c1-25-15-13(19)10(6-24)9(12(18)14(15)20)4-7-2-3-8(5-11(7)17)16(21,22)23/h2-3,5H,4H2. The molecular weight excluding hydrogens is 419 g/mol. The van der Waals surface area contributed by atoms with E-state index in [0.29, 0.717) is 5.56 Å². The molecule has 25 heavy (non-hydrogen) atoms. The van der Waals surface area contributed by atoms with Gasteiger partial charge in [-0.05, 0) is 23.3 Å². The molecule has 9 heteroatoms. The normalized spacial score (nSPS) is 11.1. The van der Waals surface area contributed by atoms with E-state index < -0.39 is 11.7 Å². The van der Waals surface area contributed by atoms with Crippen LogP contribution in [0.4, 0.5) is 18.9 Å². The molecule has 0 aromatic heterocycles. The van der Waals surface area contributed by atoms with E-state index in [0.717, 1.165) is 12.1 Å². The maximum atomic E-state index is 12.7. The molecule has 0 spiro atoms. The molecule has 2 nitrogen and oxygen atoms in total. The Hall–Kier alpha value is -1.63. The summed E-state index contributed by atoms with van der Waals surface area (Å²) in [7, 11) is 0. The number of nitriles is 1. The number of nitrogens with zero attached hydrogens (tertiary/aromatic N) is 2. The Morgan fingerprint density at radius 3 is 2.20 bits per heavy atom. The van der Waals surface area contributed by atoms with E-state index in [4.69, 9.17) is 53.0 Å². The lowest BCUT2D eigenvalue weighted by Crippen LogP contribution is -2.05. The van der Waals surface area contributed by atoms with Crippen molar-refractivity contribution in [2.75, 3.05) is 0 Å². The summed E-state index contributed by atoms with van der Waals surface area (Å²) >= 11 is 24.1. The molecule has 0 heterocycles. The van der Waals surface area contributed by atoms with Gasteiger partial charge in [-0.1, -0.05) is 52.5 Å². The molecule has 0 N–H and O–H groups in total. The van der Waals surface area contributed by atoms with Crippen LogP contribution in [-0.4, -0.2) is 0 Å². The summed E-state index contributed by atoms with van der Waals surface area (Å²) in [5.41, 5.74) is -0.638. The zero-order chi connectivity index (χ0) is 18.9. The van der Waals surface area contributed by atoms with Gasteiger partial charge >= 0.3 is 6.18 Å². The number of hydrogen-bond acceptors (Lipinski definition) is 1. The Kier molecular flexibility index (Phi) is 5.76. The van der Waals surface area contributed by atoms with Crippen LogP contribution in [0.2, 0.25) is 20.1 Å². The molecule has 2 rings (SSSR count). The molecule has 0 amide bonds. The quantitative estimate of drug-likeness (QED) is 0.367. The van der Waals surface area contributed by atoms with E-state index >= 15 is 0 Å². The van der Waals surface area contributed by atoms with Crippen LogP contribution >= 0.6 is 46.4 Å². The van der Waals surface area contributed by atoms with Gasteiger partial charge in [0.05, 0.1) is 38.8 Å². The fourth-order valence-corrected chi connectivity index (χ4v) is 3.22. The second kappa shape index (κ2) is 7.32. The molecule has 0 aliphatic heterocycles. The molecule has 2 aromatic carbocycles. The molecule has 0 saturated carbocycles. The summed E-state index contributed by atoms with van der Waals surface area (Å²) in [5, 5.41) is 8.82. The predicted octanol–water partition coefficient (Wildman–Crippen LogP) is 7.33. The zero-order valence-corrected chi connectivity index (χ0v) is 15.0. The van der Waals surface area contributed by atoms with Gasteiger partial charge in [-0.3, -0.25) is 0 Å². The van der Waals surface area contributed by atoms with Crippen molar-refractivity contribution in [2.45, 2.75) is 12.6 Å². The first-order valence-electron chi connectivity index (χ1n) is 6.44. The topological polar surface area (TPSA) is 28.1 Å². The molecule has 0 saturated heterocycles. The van der Waals surface area contributed by atoms with Crippen molar-refractivity contribution in [2.24, 2.45) is 0 Å². The summed E-state index contributed by atoms with van der Waals surface area (Å²) in [6.07, 6.45) is -4.60. The Morgan fingerprint density at radius 1 is 1.08 bits per heavy atom. The van der Waals surface area contributed by atoms with Crippen LogP contribution < -0.4 is 0 Å². The second-order valence-corrected chi connectivity index (χ2v) is 6.39. The highest BCUT2D eigenvalue weighted by atomic mass is 35.5. The average Bonchev–Trinajstić information content (AvgIpc) is 2.54. The molecule has 0 bridgehead atoms. The third-order valence-electron chi connectivity index (χ3n) is 3.37. The van der Waals surface area contributed by atoms with E-state index in [1.54, 1.807) is 0 Å². The van der Waals surface area contributed by atoms with Gasteiger partial charge in [0, 0.05) is 11.4 Å². The number of alkyl halides is 3. The van der Waals surface area contributed by atoms with Crippen LogP contribution in [0.25, 0.3) is 4.85 Å². The van der Waals surface area contributed by atoms with Gasteiger partial charge in [-0.25, -0.2) is 4.85 Å². The van der Waals surface area contributed by atoms with Gasteiger partial charge in [0.1, 0.15) is 0 Å². The second-order valence-electron chi connectivity index (χ2n) is 4.85. The van der Waals surface area contributed by atoms with Crippen molar-refractivity contribution >= 4 is 52.1 Å². The molecular formula is C16H5Cl4F3N2. The monoisotopic (exact) mass is 422 g/mol. The Labute approximate surface area is 161 Å². The molecule has 2 aromatic rings. The van der Waals surface area contributed by atoms with Crippen LogP contribution in [-0.2, 0) is 12.6 Å². The van der Waals surface area contributed by atoms with Crippen LogP contribution in [0.1, 0.15) is 22.3 Å². The van der Waals surface area contributed by atoms with Gasteiger partial charge in [0.2, 0.25) is 5.69 Å². The summed E-state index contributed by atoms with van der Waals surface area (Å²) < 4.78 is 38.1. The molecule has 0 radical (unpaired) electrons. The molecule has 0 aliphatic rings. The van der Waals surface area contributed by atoms with Crippen molar-refractivity contribution in [1.82, 2.24) is 0 Å². The third-order valence-corrected chi connectivity index (χ3v) is 4.97. The highest BCUT2D eigenvalue weighted by molar-refractivity contribution is 6.47. The first kappa shape index (κ1) is 19.7. The lowest BCUT2D eigenvalue weighted by Gasteiger charge is -2.14. The van der Waals surface area contributed by atoms with Crippen molar-refractivity contribution < 1.29 is 13.2 Å². The Balaban J connectivity index is 2.59. The van der Waals surface area contributed by atoms with Crippen molar-refractivity contribution in [3.63, 3.8) is 0 Å². The first-order valence-corrected chi connectivity index (χ1v) is 7.95. The largest absolute Gasteiger partial charge is 0.416 e. The maximum Gasteiger partial charge on any atom is 0.416 e. The van der Waals surface area contributed by atoms with Crippen LogP contribution in [0.3, 0.4) is 0 Å². The fourth-order valence-electron chi connectivity index (χ4n) is 2.13. The molecule has 0 aliphatic carbocycles. The van der Waals surface area contributed by atoms with E-state index in [-0.39, 0.29) is 43.3 Å². The molecule has 0 unspecified atom stereocenters. The number of benzene rings is 2. The third kappa shape index (κ3) is 3.81. The van der Waals surface area contributed by atoms with Crippen LogP contribution in [0.15, 0.2) is 18.2 Å². The maximum absolute atomic E-state index is 12.7. The fraction of sp³-hybridized carbons (Fsp3) is 0.125. The zero-order valence-electron chi connectivity index (χ0n) is 12.0. The van der Waals surface area contributed by atoms with Crippen molar-refractivity contribution in [3.8, 4) is 6.07 Å². The minimum atomic E-state index is -4.53. The summed E-state index contributed by atoms with van der Waals surface area (Å²) in [5.74, 6) is 0. The van der Waals surface area contributed by atoms with E-state index in [9.17, 15) is 18.4 Å². The summed E-state index contributed by atoms with van der Waals surface area (Å²) in [6, 6.07) is 4.69. The van der Waals surface area contributed by atoms with Gasteiger partial charge in [0.25, 0.3) is 0 Å². The van der Waals surface area contributed by atoms with Gasteiger partial charge in [0.15, 0.2) is 0 Å². The van der Waals surface area contributed by atoms with Crippen molar-refractivity contribution in [3.05, 3.63) is 72.0 Å². The predicted molar refractivity (Wildman–Crippen MR) is 91.7 cm³/mol. The van der Waals surface area contributed by atoms with E-state index in [2.05, 4.69) is 4.85 Å². The SMILES string of the molecule is [C-]#[N+]c1c(Cl)c(Cl)c(Cc2ccc(C(F)(F)F)cc2Cl)c(C#N)c1Cl. The lowest BCUT2D eigenvalue weighted by molar-refractivity contribution is -0.137. The van der Waals surface area contributed by atoms with Crippen molar-refractivity contribution in [1.29, 1.82) is 5.26 Å². The molecule has 0 fully saturated rings. The highest BCUT2D eigenvalue weighted by Gasteiger charge is 2.31. The van der Waals surface area contributed by atoms with E-state index in [1.165, 1.54) is 6.07 Å². The smallest absolute Gasteiger partial charge is 0.235 e. The minimum Gasteiger partial charge on any atom is -0.235 e. The number of hydrogen-bond donors (Lipinski definition) is 0. The first-order chi connectivity index (χ1) is 11.6. The lowest BCUT2D eigenvalue weighted by atomic mass is 9.98. The average molecular weight is 424 g/mol. The van der Waals surface area contributed by atoms with Crippen LogP contribution in [0.5, 0.6) is 0 Å². The highest BCUT2D eigenvalue weighted by Crippen LogP contribution is 2.44. The summed E-state index contributed by atoms with van der Waals surface area (Å²) in [6.45, 7) is 7.06. The number of rotatable bonds is 2. The molecule has 128 valence electrons. The number of halogens is 7. The van der Waals surface area contributed by atoms with Gasteiger partial charge in [-0.15, -0.1) is 0 Å². The Morgan fingerprint density at radius 2 is 1.72 bits per heavy atom. The van der Waals surface area contributed by atoms with Gasteiger partial charge in [-0.2, -0.15) is 18.4 Å². The van der Waals surface area contributed by atoms with Crippen LogP contribution in [0, 0.1) is 17.9 Å². The van der Waals surface area contributed by atoms with Gasteiger partial charge < -0.3 is 0 Å². The Bertz CT molecular complexity index is 941. The van der Waals surface area contributed by atoms with E-state index in [1.807, 2.05) is 6.07 Å². The summed E-state index contributed by atoms with van der Waals surface area (Å²) in [4.78, 5) is 3.14. The molecule has 0 atom stereocenters.